The highest BCUT2D eigenvalue weighted by atomic mass is 16.5. The second-order valence-electron chi connectivity index (χ2n) is 7.24. The Bertz CT molecular complexity index is 866. The molecule has 1 amide bonds. The minimum atomic E-state index is -0.0491. The monoisotopic (exact) mass is 394 g/mol. The van der Waals surface area contributed by atoms with Crippen molar-refractivity contribution in [2.75, 3.05) is 0 Å². The van der Waals surface area contributed by atoms with Gasteiger partial charge >= 0.3 is 0 Å². The van der Waals surface area contributed by atoms with Gasteiger partial charge in [0.15, 0.2) is 0 Å². The van der Waals surface area contributed by atoms with E-state index in [-0.39, 0.29) is 18.1 Å². The lowest BCUT2D eigenvalue weighted by atomic mass is 10.1. The van der Waals surface area contributed by atoms with Crippen LogP contribution in [0.5, 0.6) is 11.5 Å². The quantitative estimate of drug-likeness (QED) is 0.480. The van der Waals surface area contributed by atoms with Gasteiger partial charge in [0.1, 0.15) is 17.3 Å². The predicted octanol–water partition coefficient (Wildman–Crippen LogP) is 5.42. The van der Waals surface area contributed by atoms with Gasteiger partial charge in [0.05, 0.1) is 18.3 Å². The van der Waals surface area contributed by atoms with Gasteiger partial charge in [0.2, 0.25) is 5.91 Å². The number of benzene rings is 2. The Labute approximate surface area is 173 Å². The number of nitrogens with one attached hydrogen (secondary N) is 1. The molecule has 0 heterocycles. The molecule has 5 nitrogen and oxygen atoms in total. The zero-order valence-corrected chi connectivity index (χ0v) is 18.0. The first-order chi connectivity index (χ1) is 13.7. The summed E-state index contributed by atoms with van der Waals surface area (Å²) in [5.74, 6) is 2.21. The van der Waals surface area contributed by atoms with E-state index in [1.54, 1.807) is 6.20 Å². The minimum Gasteiger partial charge on any atom is -0.491 e. The molecule has 0 aliphatic carbocycles. The van der Waals surface area contributed by atoms with Crippen molar-refractivity contribution in [2.24, 2.45) is 4.99 Å². The summed E-state index contributed by atoms with van der Waals surface area (Å²) >= 11 is 0. The van der Waals surface area contributed by atoms with E-state index in [0.29, 0.717) is 5.76 Å². The predicted molar refractivity (Wildman–Crippen MR) is 117 cm³/mol. The molecule has 0 aliphatic rings. The van der Waals surface area contributed by atoms with Crippen molar-refractivity contribution in [1.29, 1.82) is 0 Å². The molecule has 0 saturated carbocycles. The zero-order valence-electron chi connectivity index (χ0n) is 18.0. The van der Waals surface area contributed by atoms with Crippen LogP contribution in [0, 0.1) is 0 Å². The number of hydrogen-bond acceptors (Lipinski definition) is 4. The standard InChI is InChI=1S/C24H30N2O3/c1-16(2)28-23-11-7-21(8-12-23)18(4)25-15-17(3)29-24-13-9-22(10-14-24)19(5)26-20(6)27/h7-16,19H,1-6H3,(H,26,27)/b17-15+,25-18?. The van der Waals surface area contributed by atoms with Gasteiger partial charge in [-0.2, -0.15) is 0 Å². The first-order valence-electron chi connectivity index (χ1n) is 9.77. The van der Waals surface area contributed by atoms with Gasteiger partial charge in [-0.05, 0) is 82.1 Å². The highest BCUT2D eigenvalue weighted by Crippen LogP contribution is 2.19. The van der Waals surface area contributed by atoms with E-state index in [9.17, 15) is 4.79 Å². The van der Waals surface area contributed by atoms with Crippen LogP contribution in [0.25, 0.3) is 0 Å². The summed E-state index contributed by atoms with van der Waals surface area (Å²) in [5, 5.41) is 2.86. The van der Waals surface area contributed by atoms with Gasteiger partial charge in [0, 0.05) is 12.6 Å². The van der Waals surface area contributed by atoms with Gasteiger partial charge in [-0.1, -0.05) is 12.1 Å². The molecule has 2 aromatic rings. The normalized spacial score (nSPS) is 13.2. The molecular weight excluding hydrogens is 364 g/mol. The van der Waals surface area contributed by atoms with Crippen molar-refractivity contribution in [3.05, 3.63) is 71.6 Å². The van der Waals surface area contributed by atoms with Crippen molar-refractivity contribution >= 4 is 11.6 Å². The van der Waals surface area contributed by atoms with Crippen LogP contribution in [-0.4, -0.2) is 17.7 Å². The largest absolute Gasteiger partial charge is 0.491 e. The summed E-state index contributed by atoms with van der Waals surface area (Å²) in [6, 6.07) is 15.5. The van der Waals surface area contributed by atoms with Crippen LogP contribution in [0.4, 0.5) is 0 Å². The van der Waals surface area contributed by atoms with E-state index in [1.807, 2.05) is 83.1 Å². The van der Waals surface area contributed by atoms with Crippen LogP contribution in [-0.2, 0) is 4.79 Å². The summed E-state index contributed by atoms with van der Waals surface area (Å²) in [4.78, 5) is 15.7. The summed E-state index contributed by atoms with van der Waals surface area (Å²) < 4.78 is 11.5. The zero-order chi connectivity index (χ0) is 21.4. The molecule has 0 saturated heterocycles. The molecule has 1 atom stereocenters. The second kappa shape index (κ2) is 10.5. The number of allylic oxidation sites excluding steroid dienone is 1. The fourth-order valence-electron chi connectivity index (χ4n) is 2.73. The van der Waals surface area contributed by atoms with Gasteiger partial charge in [-0.3, -0.25) is 9.79 Å². The number of amides is 1. The fraction of sp³-hybridized carbons (Fsp3) is 0.333. The molecule has 2 rings (SSSR count). The SMILES string of the molecule is CC(=O)NC(C)c1ccc(O/C(C)=C/N=C(C)c2ccc(OC(C)C)cc2)cc1. The third kappa shape index (κ3) is 7.45. The fourth-order valence-corrected chi connectivity index (χ4v) is 2.73. The summed E-state index contributed by atoms with van der Waals surface area (Å²) in [5.41, 5.74) is 2.94. The molecule has 0 bridgehead atoms. The topological polar surface area (TPSA) is 59.9 Å². The maximum absolute atomic E-state index is 11.2. The van der Waals surface area contributed by atoms with Gasteiger partial charge in [0.25, 0.3) is 0 Å². The molecule has 154 valence electrons. The van der Waals surface area contributed by atoms with Crippen LogP contribution in [0.3, 0.4) is 0 Å². The lowest BCUT2D eigenvalue weighted by Crippen LogP contribution is -2.23. The first-order valence-corrected chi connectivity index (χ1v) is 9.77. The molecule has 5 heteroatoms. The van der Waals surface area contributed by atoms with Crippen molar-refractivity contribution < 1.29 is 14.3 Å². The number of carbonyl (C=O) groups is 1. The van der Waals surface area contributed by atoms with E-state index >= 15 is 0 Å². The number of ether oxygens (including phenoxy) is 2. The highest BCUT2D eigenvalue weighted by molar-refractivity contribution is 5.99. The van der Waals surface area contributed by atoms with Crippen molar-refractivity contribution in [2.45, 2.75) is 53.7 Å². The molecule has 1 unspecified atom stereocenters. The number of hydrogen-bond donors (Lipinski definition) is 1. The summed E-state index contributed by atoms with van der Waals surface area (Å²) in [6.07, 6.45) is 1.86. The number of aliphatic imine (C=N–C) groups is 1. The van der Waals surface area contributed by atoms with Crippen LogP contribution >= 0.6 is 0 Å². The molecule has 0 spiro atoms. The third-order valence-electron chi connectivity index (χ3n) is 4.16. The average Bonchev–Trinajstić information content (AvgIpc) is 2.66. The highest BCUT2D eigenvalue weighted by Gasteiger charge is 2.06. The van der Waals surface area contributed by atoms with Crippen LogP contribution in [0.1, 0.15) is 58.7 Å². The first kappa shape index (κ1) is 22.2. The van der Waals surface area contributed by atoms with Crippen molar-refractivity contribution in [1.82, 2.24) is 5.32 Å². The number of carbonyl (C=O) groups excluding carboxylic acids is 1. The molecule has 2 aromatic carbocycles. The molecule has 29 heavy (non-hydrogen) atoms. The summed E-state index contributed by atoms with van der Waals surface area (Å²) in [7, 11) is 0. The maximum Gasteiger partial charge on any atom is 0.217 e. The van der Waals surface area contributed by atoms with Crippen molar-refractivity contribution in [3.63, 3.8) is 0 Å². The molecule has 0 fully saturated rings. The lowest BCUT2D eigenvalue weighted by Gasteiger charge is -2.13. The number of nitrogens with zero attached hydrogens (tertiary/aromatic N) is 1. The molecular formula is C24H30N2O3. The Morgan fingerprint density at radius 2 is 1.52 bits per heavy atom. The van der Waals surface area contributed by atoms with E-state index in [1.165, 1.54) is 6.92 Å². The smallest absolute Gasteiger partial charge is 0.217 e. The van der Waals surface area contributed by atoms with Crippen LogP contribution < -0.4 is 14.8 Å². The molecule has 0 radical (unpaired) electrons. The van der Waals surface area contributed by atoms with Crippen LogP contribution in [0.2, 0.25) is 0 Å². The Balaban J connectivity index is 1.99. The molecule has 1 N–H and O–H groups in total. The van der Waals surface area contributed by atoms with Gasteiger partial charge in [-0.15, -0.1) is 0 Å². The average molecular weight is 395 g/mol. The van der Waals surface area contributed by atoms with E-state index in [0.717, 1.165) is 28.3 Å². The van der Waals surface area contributed by atoms with E-state index in [4.69, 9.17) is 9.47 Å². The Morgan fingerprint density at radius 1 is 0.931 bits per heavy atom. The van der Waals surface area contributed by atoms with E-state index < -0.39 is 0 Å². The van der Waals surface area contributed by atoms with Crippen LogP contribution in [0.15, 0.2) is 65.5 Å². The maximum atomic E-state index is 11.2. The second-order valence-corrected chi connectivity index (χ2v) is 7.24. The lowest BCUT2D eigenvalue weighted by molar-refractivity contribution is -0.119. The number of rotatable bonds is 8. The Kier molecular flexibility index (Phi) is 8.01. The van der Waals surface area contributed by atoms with E-state index in [2.05, 4.69) is 10.3 Å². The minimum absolute atomic E-state index is 0.0391. The van der Waals surface area contributed by atoms with Gasteiger partial charge in [-0.25, -0.2) is 0 Å². The Hall–Kier alpha value is -3.08. The Morgan fingerprint density at radius 3 is 2.07 bits per heavy atom. The van der Waals surface area contributed by atoms with Crippen molar-refractivity contribution in [3.8, 4) is 11.5 Å². The molecule has 0 aromatic heterocycles. The summed E-state index contributed by atoms with van der Waals surface area (Å²) in [6.45, 7) is 11.3. The third-order valence-corrected chi connectivity index (χ3v) is 4.16. The molecule has 0 aliphatic heterocycles. The van der Waals surface area contributed by atoms with Gasteiger partial charge < -0.3 is 14.8 Å².